The molecule has 0 saturated heterocycles. The Labute approximate surface area is 96.8 Å². The summed E-state index contributed by atoms with van der Waals surface area (Å²) in [6, 6.07) is 0. The third kappa shape index (κ3) is 2.98. The Bertz CT molecular complexity index is 192. The van der Waals surface area contributed by atoms with E-state index < -0.39 is 0 Å². The molecule has 5 unspecified atom stereocenters. The van der Waals surface area contributed by atoms with Crippen molar-refractivity contribution in [1.29, 1.82) is 0 Å². The first-order valence-corrected chi connectivity index (χ1v) is 6.86. The zero-order valence-electron chi connectivity index (χ0n) is 11.7. The molecule has 0 aromatic heterocycles. The van der Waals surface area contributed by atoms with E-state index in [0.717, 1.165) is 41.4 Å². The van der Waals surface area contributed by atoms with Gasteiger partial charge in [-0.25, -0.2) is 0 Å². The Morgan fingerprint density at radius 2 is 1.27 bits per heavy atom. The van der Waals surface area contributed by atoms with Crippen LogP contribution < -0.4 is 0 Å². The zero-order chi connectivity index (χ0) is 11.7. The highest BCUT2D eigenvalue weighted by molar-refractivity contribution is 4.93. The van der Waals surface area contributed by atoms with Crippen LogP contribution >= 0.6 is 0 Å². The molecule has 1 fully saturated rings. The van der Waals surface area contributed by atoms with Crippen molar-refractivity contribution in [2.45, 2.75) is 54.9 Å². The quantitative estimate of drug-likeness (QED) is 0.609. The van der Waals surface area contributed by atoms with Gasteiger partial charge >= 0.3 is 0 Å². The molecule has 0 aliphatic heterocycles. The summed E-state index contributed by atoms with van der Waals surface area (Å²) in [7, 11) is 0. The van der Waals surface area contributed by atoms with Gasteiger partial charge in [-0.3, -0.25) is 0 Å². The molecular weight excluding hydrogens is 180 g/mol. The summed E-state index contributed by atoms with van der Waals surface area (Å²) in [4.78, 5) is 0. The third-order valence-electron chi connectivity index (χ3n) is 5.13. The van der Waals surface area contributed by atoms with Crippen LogP contribution in [0, 0.1) is 41.4 Å². The Kier molecular flexibility index (Phi) is 4.26. The summed E-state index contributed by atoms with van der Waals surface area (Å²) in [6.07, 6.45) is 1.49. The lowest BCUT2D eigenvalue weighted by Crippen LogP contribution is -2.23. The maximum absolute atomic E-state index is 2.48. The second-order valence-electron chi connectivity index (χ2n) is 6.63. The van der Waals surface area contributed by atoms with Crippen LogP contribution in [0.25, 0.3) is 0 Å². The minimum Gasteiger partial charge on any atom is -0.0625 e. The fourth-order valence-electron chi connectivity index (χ4n) is 3.08. The van der Waals surface area contributed by atoms with Gasteiger partial charge in [0, 0.05) is 0 Å². The topological polar surface area (TPSA) is 0 Å². The minimum atomic E-state index is 0.832. The largest absolute Gasteiger partial charge is 0.0625 e. The highest BCUT2D eigenvalue weighted by Gasteiger charge is 2.44. The Morgan fingerprint density at radius 3 is 1.60 bits per heavy atom. The summed E-state index contributed by atoms with van der Waals surface area (Å²) in [5, 5.41) is 0. The molecule has 0 N–H and O–H groups in total. The predicted molar refractivity (Wildman–Crippen MR) is 68.8 cm³/mol. The van der Waals surface area contributed by atoms with Crippen LogP contribution in [0.4, 0.5) is 0 Å². The van der Waals surface area contributed by atoms with E-state index >= 15 is 0 Å². The van der Waals surface area contributed by atoms with Crippen molar-refractivity contribution < 1.29 is 0 Å². The summed E-state index contributed by atoms with van der Waals surface area (Å²) >= 11 is 0. The highest BCUT2D eigenvalue weighted by atomic mass is 14.5. The summed E-state index contributed by atoms with van der Waals surface area (Å²) in [5.41, 5.74) is 0. The van der Waals surface area contributed by atoms with Crippen molar-refractivity contribution in [2.24, 2.45) is 41.4 Å². The van der Waals surface area contributed by atoms with Gasteiger partial charge in [0.1, 0.15) is 0 Å². The standard InChI is InChI=1S/C15H30/c1-9(2)11(5)12(6)13(7)15-8-14(15)10(3)4/h9-15H,8H2,1-7H3. The van der Waals surface area contributed by atoms with E-state index in [1.165, 1.54) is 6.42 Å². The van der Waals surface area contributed by atoms with Crippen LogP contribution in [0.2, 0.25) is 0 Å². The molecule has 90 valence electrons. The van der Waals surface area contributed by atoms with E-state index in [1.807, 2.05) is 0 Å². The van der Waals surface area contributed by atoms with Gasteiger partial charge in [-0.15, -0.1) is 0 Å². The van der Waals surface area contributed by atoms with Crippen molar-refractivity contribution >= 4 is 0 Å². The molecule has 15 heavy (non-hydrogen) atoms. The molecule has 0 nitrogen and oxygen atoms in total. The molecule has 5 atom stereocenters. The Hall–Kier alpha value is 0. The lowest BCUT2D eigenvalue weighted by molar-refractivity contribution is 0.196. The fraction of sp³-hybridized carbons (Fsp3) is 1.00. The van der Waals surface area contributed by atoms with E-state index in [0.29, 0.717) is 0 Å². The van der Waals surface area contributed by atoms with Crippen LogP contribution in [-0.2, 0) is 0 Å². The van der Waals surface area contributed by atoms with Gasteiger partial charge in [0.15, 0.2) is 0 Å². The smallest absolute Gasteiger partial charge is 0.0352 e. The van der Waals surface area contributed by atoms with Crippen molar-refractivity contribution in [3.05, 3.63) is 0 Å². The second-order valence-corrected chi connectivity index (χ2v) is 6.63. The molecule has 0 amide bonds. The molecule has 0 bridgehead atoms. The molecule has 1 rings (SSSR count). The Morgan fingerprint density at radius 1 is 0.733 bits per heavy atom. The van der Waals surface area contributed by atoms with Crippen LogP contribution in [0.5, 0.6) is 0 Å². The van der Waals surface area contributed by atoms with Crippen molar-refractivity contribution in [2.75, 3.05) is 0 Å². The second kappa shape index (κ2) is 4.89. The summed E-state index contributed by atoms with van der Waals surface area (Å²) < 4.78 is 0. The van der Waals surface area contributed by atoms with Gasteiger partial charge in [0.25, 0.3) is 0 Å². The molecule has 0 spiro atoms. The van der Waals surface area contributed by atoms with Crippen molar-refractivity contribution in [3.8, 4) is 0 Å². The molecule has 0 heterocycles. The highest BCUT2D eigenvalue weighted by Crippen LogP contribution is 2.52. The maximum atomic E-state index is 2.48. The number of hydrogen-bond acceptors (Lipinski definition) is 0. The van der Waals surface area contributed by atoms with E-state index in [9.17, 15) is 0 Å². The SMILES string of the molecule is CC(C)C(C)C(C)C(C)C1CC1C(C)C. The van der Waals surface area contributed by atoms with Crippen LogP contribution in [0.1, 0.15) is 54.9 Å². The van der Waals surface area contributed by atoms with Gasteiger partial charge in [0.2, 0.25) is 0 Å². The number of hydrogen-bond donors (Lipinski definition) is 0. The van der Waals surface area contributed by atoms with E-state index in [1.54, 1.807) is 0 Å². The minimum absolute atomic E-state index is 0.832. The molecule has 1 saturated carbocycles. The monoisotopic (exact) mass is 210 g/mol. The van der Waals surface area contributed by atoms with Gasteiger partial charge in [0.05, 0.1) is 0 Å². The van der Waals surface area contributed by atoms with E-state index in [4.69, 9.17) is 0 Å². The lowest BCUT2D eigenvalue weighted by Gasteiger charge is -2.29. The molecule has 1 aliphatic carbocycles. The zero-order valence-corrected chi connectivity index (χ0v) is 11.7. The third-order valence-corrected chi connectivity index (χ3v) is 5.13. The normalized spacial score (nSPS) is 31.8. The molecule has 0 heteroatoms. The predicted octanol–water partition coefficient (Wildman–Crippen LogP) is 4.84. The van der Waals surface area contributed by atoms with Crippen molar-refractivity contribution in [1.82, 2.24) is 0 Å². The van der Waals surface area contributed by atoms with Crippen LogP contribution in [0.15, 0.2) is 0 Å². The fourth-order valence-corrected chi connectivity index (χ4v) is 3.08. The maximum Gasteiger partial charge on any atom is -0.0352 e. The molecule has 1 aliphatic rings. The molecular formula is C15H30. The van der Waals surface area contributed by atoms with Gasteiger partial charge < -0.3 is 0 Å². The lowest BCUT2D eigenvalue weighted by atomic mass is 9.76. The van der Waals surface area contributed by atoms with E-state index in [-0.39, 0.29) is 0 Å². The molecule has 0 aromatic rings. The van der Waals surface area contributed by atoms with Gasteiger partial charge in [-0.1, -0.05) is 48.5 Å². The molecule has 0 radical (unpaired) electrons. The molecule has 0 aromatic carbocycles. The Balaban J connectivity index is 2.44. The first-order valence-electron chi connectivity index (χ1n) is 6.86. The number of rotatable bonds is 5. The van der Waals surface area contributed by atoms with Crippen LogP contribution in [-0.4, -0.2) is 0 Å². The average molecular weight is 210 g/mol. The first kappa shape index (κ1) is 13.1. The van der Waals surface area contributed by atoms with Gasteiger partial charge in [-0.05, 0) is 47.8 Å². The van der Waals surface area contributed by atoms with Crippen molar-refractivity contribution in [3.63, 3.8) is 0 Å². The summed E-state index contributed by atoms with van der Waals surface area (Å²) in [6.45, 7) is 16.9. The first-order chi connectivity index (χ1) is 6.86. The van der Waals surface area contributed by atoms with Crippen LogP contribution in [0.3, 0.4) is 0 Å². The van der Waals surface area contributed by atoms with E-state index in [2.05, 4.69) is 48.5 Å². The van der Waals surface area contributed by atoms with Gasteiger partial charge in [-0.2, -0.15) is 0 Å². The summed E-state index contributed by atoms with van der Waals surface area (Å²) in [5.74, 6) is 6.47. The average Bonchev–Trinajstić information content (AvgIpc) is 2.93.